The third kappa shape index (κ3) is 4.96. The molecule has 19 heavy (non-hydrogen) atoms. The van der Waals surface area contributed by atoms with Crippen LogP contribution in [0, 0.1) is 0 Å². The van der Waals surface area contributed by atoms with E-state index >= 15 is 0 Å². The summed E-state index contributed by atoms with van der Waals surface area (Å²) in [4.78, 5) is 11.6. The SMILES string of the molecule is CS(=O)(=O)c1ccc(CNC(=O)C/C(N)=N/O)cc1. The lowest BCUT2D eigenvalue weighted by atomic mass is 10.2. The summed E-state index contributed by atoms with van der Waals surface area (Å²) in [7, 11) is -3.22. The van der Waals surface area contributed by atoms with Crippen LogP contribution in [0.4, 0.5) is 0 Å². The van der Waals surface area contributed by atoms with Crippen LogP contribution in [0.2, 0.25) is 0 Å². The molecule has 0 atom stereocenters. The van der Waals surface area contributed by atoms with E-state index in [1.54, 1.807) is 12.1 Å². The molecule has 0 unspecified atom stereocenters. The number of amides is 1. The van der Waals surface area contributed by atoms with Crippen LogP contribution in [-0.2, 0) is 21.2 Å². The summed E-state index contributed by atoms with van der Waals surface area (Å²) in [5.74, 6) is -0.563. The molecule has 0 aliphatic heterocycles. The van der Waals surface area contributed by atoms with Gasteiger partial charge in [-0.05, 0) is 17.7 Å². The number of amidine groups is 1. The van der Waals surface area contributed by atoms with Crippen molar-refractivity contribution in [3.05, 3.63) is 29.8 Å². The summed E-state index contributed by atoms with van der Waals surface area (Å²) in [6.45, 7) is 0.238. The highest BCUT2D eigenvalue weighted by Crippen LogP contribution is 2.10. The third-order valence-electron chi connectivity index (χ3n) is 2.31. The Balaban J connectivity index is 2.58. The van der Waals surface area contributed by atoms with Gasteiger partial charge in [0.1, 0.15) is 5.84 Å². The zero-order valence-electron chi connectivity index (χ0n) is 10.3. The fraction of sp³-hybridized carbons (Fsp3) is 0.273. The van der Waals surface area contributed by atoms with Gasteiger partial charge in [-0.1, -0.05) is 17.3 Å². The van der Waals surface area contributed by atoms with E-state index in [1.807, 2.05) is 0 Å². The number of carbonyl (C=O) groups excluding carboxylic acids is 1. The van der Waals surface area contributed by atoms with Crippen molar-refractivity contribution >= 4 is 21.6 Å². The van der Waals surface area contributed by atoms with Gasteiger partial charge < -0.3 is 16.3 Å². The molecular formula is C11H15N3O4S. The minimum atomic E-state index is -3.22. The first-order valence-electron chi connectivity index (χ1n) is 5.35. The van der Waals surface area contributed by atoms with Gasteiger partial charge in [-0.3, -0.25) is 4.79 Å². The van der Waals surface area contributed by atoms with Crippen molar-refractivity contribution in [2.45, 2.75) is 17.9 Å². The van der Waals surface area contributed by atoms with E-state index in [1.165, 1.54) is 12.1 Å². The van der Waals surface area contributed by atoms with Crippen molar-refractivity contribution in [2.75, 3.05) is 6.26 Å². The van der Waals surface area contributed by atoms with Crippen LogP contribution in [0.25, 0.3) is 0 Å². The highest BCUT2D eigenvalue weighted by molar-refractivity contribution is 7.90. The number of oxime groups is 1. The number of benzene rings is 1. The Kier molecular flexibility index (Phi) is 4.87. The summed E-state index contributed by atoms with van der Waals surface area (Å²) in [6.07, 6.45) is 0.929. The number of nitrogens with one attached hydrogen (secondary N) is 1. The lowest BCUT2D eigenvalue weighted by molar-refractivity contribution is -0.120. The molecule has 4 N–H and O–H groups in total. The highest BCUT2D eigenvalue weighted by Gasteiger charge is 2.07. The zero-order chi connectivity index (χ0) is 14.5. The number of nitrogens with two attached hydrogens (primary N) is 1. The summed E-state index contributed by atoms with van der Waals surface area (Å²) in [5.41, 5.74) is 5.93. The molecule has 1 amide bonds. The van der Waals surface area contributed by atoms with Gasteiger partial charge in [0.2, 0.25) is 5.91 Å². The van der Waals surface area contributed by atoms with Crippen molar-refractivity contribution in [1.82, 2.24) is 5.32 Å². The van der Waals surface area contributed by atoms with E-state index in [2.05, 4.69) is 10.5 Å². The Morgan fingerprint density at radius 2 is 1.95 bits per heavy atom. The molecule has 1 aromatic rings. The average molecular weight is 285 g/mol. The first-order valence-corrected chi connectivity index (χ1v) is 7.24. The Labute approximate surface area is 111 Å². The molecule has 0 saturated heterocycles. The molecule has 0 fully saturated rings. The first kappa shape index (κ1) is 15.0. The lowest BCUT2D eigenvalue weighted by Gasteiger charge is -2.05. The third-order valence-corrected chi connectivity index (χ3v) is 3.44. The molecule has 7 nitrogen and oxygen atoms in total. The van der Waals surface area contributed by atoms with Gasteiger partial charge in [-0.2, -0.15) is 0 Å². The first-order chi connectivity index (χ1) is 8.82. The van der Waals surface area contributed by atoms with E-state index in [0.717, 1.165) is 11.8 Å². The summed E-state index contributed by atoms with van der Waals surface area (Å²) < 4.78 is 22.5. The van der Waals surface area contributed by atoms with E-state index in [0.29, 0.717) is 0 Å². The number of carbonyl (C=O) groups is 1. The Bertz CT molecular complexity index is 578. The van der Waals surface area contributed by atoms with Crippen LogP contribution in [0.3, 0.4) is 0 Å². The van der Waals surface area contributed by atoms with Crippen LogP contribution in [0.15, 0.2) is 34.3 Å². The van der Waals surface area contributed by atoms with Crippen LogP contribution in [-0.4, -0.2) is 31.6 Å². The van der Waals surface area contributed by atoms with Gasteiger partial charge in [0.25, 0.3) is 0 Å². The summed E-state index contributed by atoms with van der Waals surface area (Å²) >= 11 is 0. The fourth-order valence-corrected chi connectivity index (χ4v) is 1.95. The van der Waals surface area contributed by atoms with Gasteiger partial charge in [0.05, 0.1) is 11.3 Å². The molecule has 0 bridgehead atoms. The van der Waals surface area contributed by atoms with Gasteiger partial charge in [-0.25, -0.2) is 8.42 Å². The van der Waals surface area contributed by atoms with Crippen LogP contribution in [0.1, 0.15) is 12.0 Å². The van der Waals surface area contributed by atoms with Crippen molar-refractivity contribution in [1.29, 1.82) is 0 Å². The molecule has 0 aliphatic rings. The van der Waals surface area contributed by atoms with Crippen LogP contribution < -0.4 is 11.1 Å². The standard InChI is InChI=1S/C11H15N3O4S/c1-19(17,18)9-4-2-8(3-5-9)7-13-11(15)6-10(12)14-16/h2-5,16H,6-7H2,1H3,(H2,12,14)(H,13,15). The number of sulfone groups is 1. The average Bonchev–Trinajstić information content (AvgIpc) is 2.35. The molecule has 1 rings (SSSR count). The molecule has 1 aromatic carbocycles. The molecular weight excluding hydrogens is 270 g/mol. The summed E-state index contributed by atoms with van der Waals surface area (Å²) in [5, 5.41) is 13.6. The molecule has 0 aliphatic carbocycles. The predicted molar refractivity (Wildman–Crippen MR) is 69.4 cm³/mol. The monoisotopic (exact) mass is 285 g/mol. The van der Waals surface area contributed by atoms with Crippen LogP contribution in [0.5, 0.6) is 0 Å². The Morgan fingerprint density at radius 3 is 2.42 bits per heavy atom. The lowest BCUT2D eigenvalue weighted by Crippen LogP contribution is -2.28. The van der Waals surface area contributed by atoms with Crippen LogP contribution >= 0.6 is 0 Å². The number of hydrogen-bond donors (Lipinski definition) is 3. The maximum Gasteiger partial charge on any atom is 0.227 e. The maximum atomic E-state index is 11.3. The largest absolute Gasteiger partial charge is 0.409 e. The van der Waals surface area contributed by atoms with Crippen molar-refractivity contribution in [3.8, 4) is 0 Å². The zero-order valence-corrected chi connectivity index (χ0v) is 11.1. The Morgan fingerprint density at radius 1 is 1.37 bits per heavy atom. The molecule has 0 aromatic heterocycles. The second-order valence-electron chi connectivity index (χ2n) is 3.96. The Hall–Kier alpha value is -2.09. The maximum absolute atomic E-state index is 11.3. The normalized spacial score (nSPS) is 12.2. The van der Waals surface area contributed by atoms with E-state index < -0.39 is 9.84 Å². The van der Waals surface area contributed by atoms with Gasteiger partial charge in [0, 0.05) is 12.8 Å². The number of rotatable bonds is 5. The van der Waals surface area contributed by atoms with Crippen molar-refractivity contribution in [3.63, 3.8) is 0 Å². The minimum absolute atomic E-state index is 0.176. The molecule has 0 heterocycles. The van der Waals surface area contributed by atoms with Crippen molar-refractivity contribution < 1.29 is 18.4 Å². The fourth-order valence-electron chi connectivity index (χ4n) is 1.32. The second kappa shape index (κ2) is 6.19. The molecule has 104 valence electrons. The molecule has 8 heteroatoms. The minimum Gasteiger partial charge on any atom is -0.409 e. The van der Waals surface area contributed by atoms with Gasteiger partial charge in [-0.15, -0.1) is 0 Å². The number of nitrogens with zero attached hydrogens (tertiary/aromatic N) is 1. The second-order valence-corrected chi connectivity index (χ2v) is 5.98. The smallest absolute Gasteiger partial charge is 0.227 e. The topological polar surface area (TPSA) is 122 Å². The van der Waals surface area contributed by atoms with Crippen molar-refractivity contribution in [2.24, 2.45) is 10.9 Å². The predicted octanol–water partition coefficient (Wildman–Crippen LogP) is -0.157. The van der Waals surface area contributed by atoms with Gasteiger partial charge >= 0.3 is 0 Å². The quantitative estimate of drug-likeness (QED) is 0.300. The van der Waals surface area contributed by atoms with Gasteiger partial charge in [0.15, 0.2) is 9.84 Å². The van der Waals surface area contributed by atoms with E-state index in [-0.39, 0.29) is 29.6 Å². The molecule has 0 radical (unpaired) electrons. The molecule has 0 spiro atoms. The molecule has 0 saturated carbocycles. The van der Waals surface area contributed by atoms with E-state index in [4.69, 9.17) is 10.9 Å². The summed E-state index contributed by atoms with van der Waals surface area (Å²) in [6, 6.07) is 6.17. The van der Waals surface area contributed by atoms with E-state index in [9.17, 15) is 13.2 Å². The number of hydrogen-bond acceptors (Lipinski definition) is 5. The highest BCUT2D eigenvalue weighted by atomic mass is 32.2.